The first-order valence-corrected chi connectivity index (χ1v) is 12.8. The molecular weight excluding hydrogens is 503 g/mol. The quantitative estimate of drug-likeness (QED) is 0.233. The molecule has 0 fully saturated rings. The summed E-state index contributed by atoms with van der Waals surface area (Å²) in [6.07, 6.45) is 8.76. The molecule has 0 atom stereocenters. The van der Waals surface area contributed by atoms with Gasteiger partial charge in [-0.05, 0) is 53.1 Å². The van der Waals surface area contributed by atoms with Gasteiger partial charge in [0.2, 0.25) is 0 Å². The van der Waals surface area contributed by atoms with Gasteiger partial charge in [-0.25, -0.2) is 9.37 Å². The highest BCUT2D eigenvalue weighted by molar-refractivity contribution is 5.97. The Balaban J connectivity index is 1.23. The zero-order chi connectivity index (χ0) is 26.9. The van der Waals surface area contributed by atoms with Gasteiger partial charge < -0.3 is 10.3 Å². The topological polar surface area (TPSA) is 108 Å². The van der Waals surface area contributed by atoms with Crippen molar-refractivity contribution < 1.29 is 4.39 Å². The second-order valence-electron chi connectivity index (χ2n) is 9.51. The summed E-state index contributed by atoms with van der Waals surface area (Å²) in [5, 5.41) is 11.3. The summed E-state index contributed by atoms with van der Waals surface area (Å²) in [5.41, 5.74) is 7.67. The lowest BCUT2D eigenvalue weighted by Gasteiger charge is -2.08. The maximum absolute atomic E-state index is 15.3. The predicted octanol–water partition coefficient (Wildman–Crippen LogP) is 6.05. The van der Waals surface area contributed by atoms with Crippen molar-refractivity contribution in [2.45, 2.75) is 13.1 Å². The lowest BCUT2D eigenvalue weighted by atomic mass is 10.0. The van der Waals surface area contributed by atoms with Crippen molar-refractivity contribution in [3.63, 3.8) is 0 Å². The van der Waals surface area contributed by atoms with Gasteiger partial charge in [-0.2, -0.15) is 5.10 Å². The Kier molecular flexibility index (Phi) is 6.02. The van der Waals surface area contributed by atoms with Crippen molar-refractivity contribution >= 4 is 21.9 Å². The van der Waals surface area contributed by atoms with Crippen molar-refractivity contribution in [1.82, 2.24) is 40.4 Å². The molecule has 0 saturated carbocycles. The SMILES string of the molecule is Fc1cc(-c2cncc(CNCc3ccccc3)c2)cc2c(-c3nc4c(-c5cccnc5)nccc4[nH]3)[nH]nc12. The minimum Gasteiger partial charge on any atom is -0.337 e. The molecule has 8 nitrogen and oxygen atoms in total. The number of nitrogens with zero attached hydrogens (tertiary/aromatic N) is 5. The van der Waals surface area contributed by atoms with Crippen molar-refractivity contribution in [2.75, 3.05) is 0 Å². The number of rotatable bonds is 7. The number of halogens is 1. The zero-order valence-electron chi connectivity index (χ0n) is 21.3. The lowest BCUT2D eigenvalue weighted by Crippen LogP contribution is -2.12. The summed E-state index contributed by atoms with van der Waals surface area (Å²) in [7, 11) is 0. The number of aromatic amines is 2. The van der Waals surface area contributed by atoms with E-state index in [0.717, 1.165) is 28.8 Å². The highest BCUT2D eigenvalue weighted by atomic mass is 19.1. The zero-order valence-corrected chi connectivity index (χ0v) is 21.3. The van der Waals surface area contributed by atoms with E-state index >= 15 is 4.39 Å². The van der Waals surface area contributed by atoms with Crippen LogP contribution in [0.1, 0.15) is 11.1 Å². The summed E-state index contributed by atoms with van der Waals surface area (Å²) in [5.74, 6) is 0.126. The summed E-state index contributed by atoms with van der Waals surface area (Å²) in [4.78, 5) is 21.3. The number of hydrogen-bond acceptors (Lipinski definition) is 6. The van der Waals surface area contributed by atoms with Gasteiger partial charge in [0, 0.05) is 60.6 Å². The molecule has 0 radical (unpaired) electrons. The van der Waals surface area contributed by atoms with Crippen molar-refractivity contribution in [1.29, 1.82) is 0 Å². The molecule has 0 amide bonds. The molecule has 5 aromatic heterocycles. The van der Waals surface area contributed by atoms with Crippen LogP contribution >= 0.6 is 0 Å². The number of H-pyrrole nitrogens is 2. The fourth-order valence-electron chi connectivity index (χ4n) is 4.88. The Morgan fingerprint density at radius 2 is 1.62 bits per heavy atom. The number of hydrogen-bond donors (Lipinski definition) is 3. The normalized spacial score (nSPS) is 11.4. The van der Waals surface area contributed by atoms with Gasteiger partial charge in [0.1, 0.15) is 16.7 Å². The lowest BCUT2D eigenvalue weighted by molar-refractivity contribution is 0.636. The molecule has 0 saturated heterocycles. The average molecular weight is 527 g/mol. The fraction of sp³-hybridized carbons (Fsp3) is 0.0645. The van der Waals surface area contributed by atoms with E-state index < -0.39 is 5.82 Å². The van der Waals surface area contributed by atoms with E-state index in [2.05, 4.69) is 47.6 Å². The second-order valence-corrected chi connectivity index (χ2v) is 9.51. The van der Waals surface area contributed by atoms with Gasteiger partial charge in [0.15, 0.2) is 11.6 Å². The minimum atomic E-state index is -0.420. The van der Waals surface area contributed by atoms with E-state index in [-0.39, 0.29) is 5.52 Å². The van der Waals surface area contributed by atoms with Crippen LogP contribution in [0, 0.1) is 5.82 Å². The minimum absolute atomic E-state index is 0.249. The van der Waals surface area contributed by atoms with Crippen LogP contribution in [0.2, 0.25) is 0 Å². The first-order valence-electron chi connectivity index (χ1n) is 12.8. The Hall–Kier alpha value is -5.28. The van der Waals surface area contributed by atoms with Gasteiger partial charge in [0.05, 0.1) is 11.2 Å². The molecule has 7 aromatic rings. The molecule has 7 rings (SSSR count). The number of benzene rings is 2. The number of imidazole rings is 1. The maximum Gasteiger partial charge on any atom is 0.157 e. The Bertz CT molecular complexity index is 1950. The van der Waals surface area contributed by atoms with Crippen LogP contribution in [0.3, 0.4) is 0 Å². The first-order chi connectivity index (χ1) is 19.7. The molecule has 0 aliphatic carbocycles. The highest BCUT2D eigenvalue weighted by Gasteiger charge is 2.18. The maximum atomic E-state index is 15.3. The molecule has 2 aromatic carbocycles. The van der Waals surface area contributed by atoms with E-state index in [4.69, 9.17) is 4.98 Å². The van der Waals surface area contributed by atoms with Crippen molar-refractivity contribution in [2.24, 2.45) is 0 Å². The van der Waals surface area contributed by atoms with Gasteiger partial charge in [0.25, 0.3) is 0 Å². The van der Waals surface area contributed by atoms with E-state index in [9.17, 15) is 0 Å². The number of aromatic nitrogens is 7. The van der Waals surface area contributed by atoms with Crippen molar-refractivity contribution in [3.05, 3.63) is 115 Å². The Labute approximate surface area is 228 Å². The van der Waals surface area contributed by atoms with Crippen LogP contribution in [0.25, 0.3) is 55.8 Å². The van der Waals surface area contributed by atoms with Crippen LogP contribution < -0.4 is 5.32 Å². The Morgan fingerprint density at radius 3 is 2.50 bits per heavy atom. The molecule has 0 aliphatic rings. The molecule has 9 heteroatoms. The van der Waals surface area contributed by atoms with E-state index in [0.29, 0.717) is 40.2 Å². The standard InChI is InChI=1S/C31H23FN8/c32-25-13-22(23-11-20(16-35-18-23)15-34-14-19-5-2-1-3-6-19)12-24-28(25)39-40-29(24)31-37-26-8-10-36-27(30(26)38-31)21-7-4-9-33-17-21/h1-13,16-18,34H,14-15H2,(H,37,38)(H,39,40). The summed E-state index contributed by atoms with van der Waals surface area (Å²) in [6.45, 7) is 1.39. The molecule has 0 spiro atoms. The molecule has 40 heavy (non-hydrogen) atoms. The molecule has 5 heterocycles. The average Bonchev–Trinajstić information content (AvgIpc) is 3.63. The number of nitrogens with one attached hydrogen (secondary N) is 3. The van der Waals surface area contributed by atoms with Gasteiger partial charge in [-0.3, -0.25) is 20.1 Å². The van der Waals surface area contributed by atoms with Crippen LogP contribution in [0.15, 0.2) is 97.7 Å². The third kappa shape index (κ3) is 4.48. The molecule has 194 valence electrons. The molecular formula is C31H23FN8. The van der Waals surface area contributed by atoms with E-state index in [1.165, 1.54) is 11.6 Å². The molecule has 0 bridgehead atoms. The molecule has 0 aliphatic heterocycles. The fourth-order valence-corrected chi connectivity index (χ4v) is 4.88. The van der Waals surface area contributed by atoms with Crippen LogP contribution in [-0.2, 0) is 13.1 Å². The largest absolute Gasteiger partial charge is 0.337 e. The Morgan fingerprint density at radius 1 is 0.750 bits per heavy atom. The summed E-state index contributed by atoms with van der Waals surface area (Å²) < 4.78 is 15.3. The second kappa shape index (κ2) is 10.1. The van der Waals surface area contributed by atoms with Gasteiger partial charge in [-0.15, -0.1) is 0 Å². The smallest absolute Gasteiger partial charge is 0.157 e. The third-order valence-corrected chi connectivity index (χ3v) is 6.81. The first kappa shape index (κ1) is 23.8. The molecule has 0 unspecified atom stereocenters. The summed E-state index contributed by atoms with van der Waals surface area (Å²) >= 11 is 0. The van der Waals surface area contributed by atoms with Gasteiger partial charge in [-0.1, -0.05) is 30.3 Å². The van der Waals surface area contributed by atoms with E-state index in [1.54, 1.807) is 24.8 Å². The summed E-state index contributed by atoms with van der Waals surface area (Å²) in [6, 6.07) is 21.3. The monoisotopic (exact) mass is 526 g/mol. The van der Waals surface area contributed by atoms with Crippen LogP contribution in [0.5, 0.6) is 0 Å². The van der Waals surface area contributed by atoms with Gasteiger partial charge >= 0.3 is 0 Å². The molecule has 3 N–H and O–H groups in total. The third-order valence-electron chi connectivity index (χ3n) is 6.81. The van der Waals surface area contributed by atoms with Crippen LogP contribution in [-0.4, -0.2) is 35.1 Å². The van der Waals surface area contributed by atoms with Crippen LogP contribution in [0.4, 0.5) is 4.39 Å². The number of pyridine rings is 3. The predicted molar refractivity (Wildman–Crippen MR) is 152 cm³/mol. The number of fused-ring (bicyclic) bond motifs is 2. The van der Waals surface area contributed by atoms with Crippen molar-refractivity contribution in [3.8, 4) is 33.9 Å². The van der Waals surface area contributed by atoms with E-state index in [1.807, 2.05) is 54.7 Å². The highest BCUT2D eigenvalue weighted by Crippen LogP contribution is 2.33.